The Morgan fingerprint density at radius 2 is 1.89 bits per heavy atom. The van der Waals surface area contributed by atoms with Crippen LogP contribution in [-0.2, 0) is 4.79 Å². The van der Waals surface area contributed by atoms with Gasteiger partial charge in [-0.1, -0.05) is 42.5 Å². The van der Waals surface area contributed by atoms with Crippen molar-refractivity contribution >= 4 is 16.7 Å². The number of benzene rings is 2. The van der Waals surface area contributed by atoms with Crippen LogP contribution in [0.25, 0.3) is 10.8 Å². The number of rotatable bonds is 2. The molecule has 2 unspecified atom stereocenters. The lowest BCUT2D eigenvalue weighted by molar-refractivity contribution is -0.141. The van der Waals surface area contributed by atoms with Gasteiger partial charge in [-0.3, -0.25) is 4.79 Å². The molecule has 2 aromatic carbocycles. The molecule has 1 N–H and O–H groups in total. The van der Waals surface area contributed by atoms with E-state index in [-0.39, 0.29) is 11.8 Å². The second-order valence-corrected chi connectivity index (χ2v) is 5.34. The van der Waals surface area contributed by atoms with Gasteiger partial charge in [-0.25, -0.2) is 0 Å². The van der Waals surface area contributed by atoms with Crippen molar-refractivity contribution in [2.45, 2.75) is 5.92 Å². The molecule has 1 aliphatic rings. The van der Waals surface area contributed by atoms with Gasteiger partial charge in [0.1, 0.15) is 0 Å². The summed E-state index contributed by atoms with van der Waals surface area (Å²) in [5.41, 5.74) is 1.16. The highest BCUT2D eigenvalue weighted by Gasteiger charge is 2.37. The van der Waals surface area contributed by atoms with Crippen LogP contribution < -0.4 is 0 Å². The molecule has 0 spiro atoms. The molecule has 3 rings (SSSR count). The van der Waals surface area contributed by atoms with Gasteiger partial charge >= 0.3 is 5.97 Å². The third-order valence-electron chi connectivity index (χ3n) is 4.04. The number of carboxylic acids is 1. The van der Waals surface area contributed by atoms with E-state index >= 15 is 0 Å². The first-order chi connectivity index (χ1) is 9.16. The van der Waals surface area contributed by atoms with Crippen LogP contribution in [0.15, 0.2) is 42.5 Å². The van der Waals surface area contributed by atoms with Crippen LogP contribution in [-0.4, -0.2) is 36.1 Å². The zero-order valence-electron chi connectivity index (χ0n) is 10.9. The molecule has 98 valence electrons. The maximum Gasteiger partial charge on any atom is 0.308 e. The molecule has 1 heterocycles. The largest absolute Gasteiger partial charge is 0.481 e. The number of carbonyl (C=O) groups is 1. The van der Waals surface area contributed by atoms with E-state index in [4.69, 9.17) is 0 Å². The Bertz CT molecular complexity index is 618. The van der Waals surface area contributed by atoms with Crippen LogP contribution in [0.2, 0.25) is 0 Å². The summed E-state index contributed by atoms with van der Waals surface area (Å²) in [6.07, 6.45) is 0. The first kappa shape index (κ1) is 12.2. The molecule has 0 amide bonds. The van der Waals surface area contributed by atoms with Crippen molar-refractivity contribution in [2.75, 3.05) is 20.1 Å². The molecule has 1 saturated heterocycles. The fourth-order valence-corrected chi connectivity index (χ4v) is 3.14. The first-order valence-corrected chi connectivity index (χ1v) is 6.56. The number of fused-ring (bicyclic) bond motifs is 1. The Hall–Kier alpha value is -1.87. The minimum absolute atomic E-state index is 0.0774. The molecule has 1 aliphatic heterocycles. The summed E-state index contributed by atoms with van der Waals surface area (Å²) in [4.78, 5) is 13.5. The number of likely N-dealkylation sites (N-methyl/N-ethyl adjacent to an activating group) is 1. The van der Waals surface area contributed by atoms with Gasteiger partial charge in [0.25, 0.3) is 0 Å². The molecule has 2 atom stereocenters. The molecular formula is C16H17NO2. The van der Waals surface area contributed by atoms with Crippen molar-refractivity contribution in [1.82, 2.24) is 4.90 Å². The van der Waals surface area contributed by atoms with Crippen molar-refractivity contribution in [3.05, 3.63) is 48.0 Å². The number of aliphatic carboxylic acids is 1. The lowest BCUT2D eigenvalue weighted by atomic mass is 9.86. The van der Waals surface area contributed by atoms with E-state index < -0.39 is 5.97 Å². The van der Waals surface area contributed by atoms with Crippen LogP contribution in [0.3, 0.4) is 0 Å². The lowest BCUT2D eigenvalue weighted by Crippen LogP contribution is -2.21. The van der Waals surface area contributed by atoms with Crippen molar-refractivity contribution in [2.24, 2.45) is 5.92 Å². The Morgan fingerprint density at radius 3 is 2.68 bits per heavy atom. The van der Waals surface area contributed by atoms with Gasteiger partial charge < -0.3 is 10.0 Å². The molecule has 1 fully saturated rings. The highest BCUT2D eigenvalue weighted by atomic mass is 16.4. The molecule has 19 heavy (non-hydrogen) atoms. The van der Waals surface area contributed by atoms with Gasteiger partial charge in [-0.2, -0.15) is 0 Å². The molecule has 0 aromatic heterocycles. The van der Waals surface area contributed by atoms with E-state index in [1.165, 1.54) is 10.8 Å². The summed E-state index contributed by atoms with van der Waals surface area (Å²) >= 11 is 0. The van der Waals surface area contributed by atoms with Gasteiger partial charge in [-0.05, 0) is 23.4 Å². The second-order valence-electron chi connectivity index (χ2n) is 5.34. The zero-order chi connectivity index (χ0) is 13.4. The van der Waals surface area contributed by atoms with E-state index in [0.717, 1.165) is 12.1 Å². The number of carboxylic acid groups (broad SMARTS) is 1. The minimum Gasteiger partial charge on any atom is -0.481 e. The van der Waals surface area contributed by atoms with Crippen molar-refractivity contribution < 1.29 is 9.90 Å². The fourth-order valence-electron chi connectivity index (χ4n) is 3.14. The lowest BCUT2D eigenvalue weighted by Gasteiger charge is -2.17. The monoisotopic (exact) mass is 255 g/mol. The predicted molar refractivity (Wildman–Crippen MR) is 75.3 cm³/mol. The summed E-state index contributed by atoms with van der Waals surface area (Å²) in [5, 5.41) is 11.8. The maximum atomic E-state index is 11.4. The van der Waals surface area contributed by atoms with Crippen LogP contribution in [0.1, 0.15) is 11.5 Å². The topological polar surface area (TPSA) is 40.5 Å². The molecule has 0 radical (unpaired) electrons. The predicted octanol–water partition coefficient (Wildman–Crippen LogP) is 2.57. The zero-order valence-corrected chi connectivity index (χ0v) is 10.9. The summed E-state index contributed by atoms with van der Waals surface area (Å²) in [5.74, 6) is -0.924. The normalized spacial score (nSPS) is 23.8. The Balaban J connectivity index is 2.11. The molecule has 0 aliphatic carbocycles. The van der Waals surface area contributed by atoms with Crippen LogP contribution in [0.5, 0.6) is 0 Å². The van der Waals surface area contributed by atoms with Gasteiger partial charge in [-0.15, -0.1) is 0 Å². The maximum absolute atomic E-state index is 11.4. The molecule has 2 aromatic rings. The number of hydrogen-bond donors (Lipinski definition) is 1. The Labute approximate surface area is 112 Å². The molecule has 0 bridgehead atoms. The summed E-state index contributed by atoms with van der Waals surface area (Å²) in [7, 11) is 1.99. The molecule has 3 heteroatoms. The Morgan fingerprint density at radius 1 is 1.16 bits per heavy atom. The quantitative estimate of drug-likeness (QED) is 0.896. The summed E-state index contributed by atoms with van der Waals surface area (Å²) in [6, 6.07) is 14.4. The van der Waals surface area contributed by atoms with E-state index in [1.54, 1.807) is 0 Å². The van der Waals surface area contributed by atoms with Crippen molar-refractivity contribution in [1.29, 1.82) is 0 Å². The molecular weight excluding hydrogens is 238 g/mol. The van der Waals surface area contributed by atoms with E-state index in [0.29, 0.717) is 6.54 Å². The fraction of sp³-hybridized carbons (Fsp3) is 0.312. The second kappa shape index (κ2) is 4.67. The first-order valence-electron chi connectivity index (χ1n) is 6.56. The van der Waals surface area contributed by atoms with Crippen molar-refractivity contribution in [3.8, 4) is 0 Å². The average molecular weight is 255 g/mol. The Kier molecular flexibility index (Phi) is 2.99. The van der Waals surface area contributed by atoms with Gasteiger partial charge in [0.15, 0.2) is 0 Å². The SMILES string of the molecule is CN1CC(C(=O)O)C(c2cccc3ccccc23)C1. The van der Waals surface area contributed by atoms with E-state index in [2.05, 4.69) is 29.2 Å². The van der Waals surface area contributed by atoms with E-state index in [1.807, 2.05) is 25.2 Å². The van der Waals surface area contributed by atoms with E-state index in [9.17, 15) is 9.90 Å². The summed E-state index contributed by atoms with van der Waals surface area (Å²) in [6.45, 7) is 1.44. The number of nitrogens with zero attached hydrogens (tertiary/aromatic N) is 1. The molecule has 3 nitrogen and oxygen atoms in total. The smallest absolute Gasteiger partial charge is 0.308 e. The summed E-state index contributed by atoms with van der Waals surface area (Å²) < 4.78 is 0. The van der Waals surface area contributed by atoms with Crippen molar-refractivity contribution in [3.63, 3.8) is 0 Å². The van der Waals surface area contributed by atoms with Gasteiger partial charge in [0, 0.05) is 19.0 Å². The number of hydrogen-bond acceptors (Lipinski definition) is 2. The van der Waals surface area contributed by atoms with Crippen LogP contribution >= 0.6 is 0 Å². The number of likely N-dealkylation sites (tertiary alicyclic amines) is 1. The standard InChI is InChI=1S/C16H17NO2/c1-17-9-14(15(10-17)16(18)19)13-8-4-6-11-5-2-3-7-12(11)13/h2-8,14-15H,9-10H2,1H3,(H,18,19). The van der Waals surface area contributed by atoms with Gasteiger partial charge in [0.2, 0.25) is 0 Å². The highest BCUT2D eigenvalue weighted by Crippen LogP contribution is 2.35. The average Bonchev–Trinajstić information content (AvgIpc) is 2.80. The van der Waals surface area contributed by atoms with Crippen LogP contribution in [0.4, 0.5) is 0 Å². The third-order valence-corrected chi connectivity index (χ3v) is 4.04. The minimum atomic E-state index is -0.692. The highest BCUT2D eigenvalue weighted by molar-refractivity contribution is 5.87. The van der Waals surface area contributed by atoms with Gasteiger partial charge in [0.05, 0.1) is 5.92 Å². The molecule has 0 saturated carbocycles. The van der Waals surface area contributed by atoms with Crippen LogP contribution in [0, 0.1) is 5.92 Å². The third kappa shape index (κ3) is 2.10.